The molecule has 2 atom stereocenters. The van der Waals surface area contributed by atoms with E-state index in [1.165, 1.54) is 0 Å². The van der Waals surface area contributed by atoms with E-state index in [0.717, 1.165) is 23.5 Å². The molecule has 0 aromatic rings. The molecule has 0 rings (SSSR count). The fourth-order valence-corrected chi connectivity index (χ4v) is 7.95. The van der Waals surface area contributed by atoms with Crippen molar-refractivity contribution in [2.75, 3.05) is 39.6 Å². The number of carboxylic acid groups (broad SMARTS) is 1. The van der Waals surface area contributed by atoms with Gasteiger partial charge in [-0.2, -0.15) is 0 Å². The number of nitrogens with one attached hydrogen (secondary N) is 1. The molecule has 0 aliphatic carbocycles. The zero-order chi connectivity index (χ0) is 31.8. The van der Waals surface area contributed by atoms with Crippen molar-refractivity contribution in [2.45, 2.75) is 103 Å². The van der Waals surface area contributed by atoms with Gasteiger partial charge in [0.1, 0.15) is 0 Å². The van der Waals surface area contributed by atoms with Gasteiger partial charge in [0, 0.05) is 55.8 Å². The van der Waals surface area contributed by atoms with Crippen molar-refractivity contribution in [3.8, 4) is 0 Å². The summed E-state index contributed by atoms with van der Waals surface area (Å²) in [5.74, 6) is -1.77. The van der Waals surface area contributed by atoms with E-state index in [4.69, 9.17) is 27.9 Å². The van der Waals surface area contributed by atoms with E-state index < -0.39 is 26.7 Å². The molecule has 244 valence electrons. The van der Waals surface area contributed by atoms with Crippen molar-refractivity contribution < 1.29 is 51.8 Å². The first kappa shape index (κ1) is 40.3. The molecule has 0 radical (unpaired) electrons. The van der Waals surface area contributed by atoms with Gasteiger partial charge in [-0.05, 0) is 46.5 Å². The topological polar surface area (TPSA) is 164 Å². The number of carbonyl (C=O) groups excluding carboxylic acids is 4. The summed E-state index contributed by atoms with van der Waals surface area (Å²) in [7, 11) is -2.74. The molecule has 2 unspecified atom stereocenters. The number of esters is 2. The first-order chi connectivity index (χ1) is 20.0. The van der Waals surface area contributed by atoms with E-state index in [2.05, 4.69) is 5.32 Å². The van der Waals surface area contributed by atoms with Crippen LogP contribution in [0, 0.1) is 0 Å². The second-order valence-corrected chi connectivity index (χ2v) is 15.0. The van der Waals surface area contributed by atoms with Crippen LogP contribution in [0.2, 0.25) is 6.04 Å². The Kier molecular flexibility index (Phi) is 23.8. The Morgan fingerprint density at radius 1 is 0.738 bits per heavy atom. The molecule has 15 heteroatoms. The summed E-state index contributed by atoms with van der Waals surface area (Å²) in [5.41, 5.74) is 0. The van der Waals surface area contributed by atoms with Crippen LogP contribution in [0.5, 0.6) is 0 Å². The minimum Gasteiger partial charge on any atom is -0.481 e. The van der Waals surface area contributed by atoms with Crippen LogP contribution in [0.1, 0.15) is 86.0 Å². The zero-order valence-corrected chi connectivity index (χ0v) is 28.2. The Balaban J connectivity index is 4.00. The number of amides is 1. The summed E-state index contributed by atoms with van der Waals surface area (Å²) in [6, 6.07) is 0.603. The Labute approximate surface area is 259 Å². The number of unbranched alkanes of at least 4 members (excludes halogenated alkanes) is 1. The largest absolute Gasteiger partial charge is 0.500 e. The van der Waals surface area contributed by atoms with Gasteiger partial charge in [-0.3, -0.25) is 24.0 Å². The van der Waals surface area contributed by atoms with Crippen molar-refractivity contribution in [1.82, 2.24) is 5.32 Å². The predicted molar refractivity (Wildman–Crippen MR) is 164 cm³/mol. The number of hydrogen-bond acceptors (Lipinski definition) is 12. The van der Waals surface area contributed by atoms with Gasteiger partial charge in [0.25, 0.3) is 5.24 Å². The Bertz CT molecular complexity index is 802. The average molecular weight is 656 g/mol. The van der Waals surface area contributed by atoms with Gasteiger partial charge in [0.2, 0.25) is 0 Å². The van der Waals surface area contributed by atoms with Crippen LogP contribution in [0.25, 0.3) is 0 Å². The SMILES string of the molecule is CCO[Si](CCCNC(=O)SC(C)CC(=O)OCCCCOC(=O)CC(C)SC(=O)CCCC(=O)O)(OCC)OCC. The van der Waals surface area contributed by atoms with Crippen LogP contribution in [0.15, 0.2) is 0 Å². The summed E-state index contributed by atoms with van der Waals surface area (Å²) in [6.07, 6.45) is 2.22. The lowest BCUT2D eigenvalue weighted by atomic mass is 10.2. The number of ether oxygens (including phenoxy) is 2. The molecule has 0 bridgehead atoms. The van der Waals surface area contributed by atoms with E-state index in [1.54, 1.807) is 13.8 Å². The van der Waals surface area contributed by atoms with Crippen LogP contribution in [0.4, 0.5) is 4.79 Å². The third-order valence-corrected chi connectivity index (χ3v) is 10.5. The second-order valence-electron chi connectivity index (χ2n) is 9.33. The summed E-state index contributed by atoms with van der Waals surface area (Å²) in [4.78, 5) is 58.6. The molecule has 0 aromatic carbocycles. The molecular weight excluding hydrogens is 607 g/mol. The molecule has 0 saturated carbocycles. The van der Waals surface area contributed by atoms with E-state index in [1.807, 2.05) is 20.8 Å². The zero-order valence-electron chi connectivity index (χ0n) is 25.6. The molecule has 0 heterocycles. The molecule has 0 spiro atoms. The van der Waals surface area contributed by atoms with E-state index >= 15 is 0 Å². The number of carbonyl (C=O) groups is 5. The molecule has 0 aromatic heterocycles. The highest BCUT2D eigenvalue weighted by Crippen LogP contribution is 2.20. The van der Waals surface area contributed by atoms with Crippen LogP contribution < -0.4 is 5.32 Å². The van der Waals surface area contributed by atoms with Crippen LogP contribution in [-0.4, -0.2) is 92.3 Å². The van der Waals surface area contributed by atoms with Gasteiger partial charge in [-0.15, -0.1) is 0 Å². The molecule has 0 fully saturated rings. The van der Waals surface area contributed by atoms with Gasteiger partial charge in [-0.25, -0.2) is 0 Å². The minimum atomic E-state index is -2.74. The normalized spacial score (nSPS) is 12.8. The molecule has 0 aliphatic rings. The molecule has 42 heavy (non-hydrogen) atoms. The molecular formula is C27H49NO11S2Si. The summed E-state index contributed by atoms with van der Waals surface area (Å²) >= 11 is 2.06. The fourth-order valence-electron chi connectivity index (χ4n) is 3.63. The smallest absolute Gasteiger partial charge is 0.481 e. The number of hydrogen-bond donors (Lipinski definition) is 2. The number of rotatable bonds is 25. The molecule has 0 aliphatic heterocycles. The summed E-state index contributed by atoms with van der Waals surface area (Å²) in [5, 5.41) is 10.6. The monoisotopic (exact) mass is 655 g/mol. The average Bonchev–Trinajstić information content (AvgIpc) is 2.88. The summed E-state index contributed by atoms with van der Waals surface area (Å²) in [6.45, 7) is 11.5. The fraction of sp³-hybridized carbons (Fsp3) is 0.815. The van der Waals surface area contributed by atoms with Crippen LogP contribution in [0.3, 0.4) is 0 Å². The number of aliphatic carboxylic acids is 1. The molecule has 0 saturated heterocycles. The standard InChI is InChI=1S/C27H49NO11S2Si/c1-6-37-42(38-7-2,39-8-3)18-12-15-28-27(34)41-22(5)20-25(32)36-17-10-9-16-35-24(31)19-21(4)40-26(33)14-11-13-23(29)30/h21-22H,6-20H2,1-5H3,(H,28,34)(H,29,30). The van der Waals surface area contributed by atoms with Crippen molar-refractivity contribution in [1.29, 1.82) is 0 Å². The first-order valence-electron chi connectivity index (χ1n) is 14.6. The van der Waals surface area contributed by atoms with Gasteiger partial charge >= 0.3 is 26.7 Å². The molecule has 2 N–H and O–H groups in total. The highest BCUT2D eigenvalue weighted by molar-refractivity contribution is 8.14. The number of thioether (sulfide) groups is 2. The lowest BCUT2D eigenvalue weighted by molar-refractivity contribution is -0.146. The molecule has 1 amide bonds. The Morgan fingerprint density at radius 3 is 1.71 bits per heavy atom. The highest BCUT2D eigenvalue weighted by Gasteiger charge is 2.39. The van der Waals surface area contributed by atoms with Crippen molar-refractivity contribution in [2.24, 2.45) is 0 Å². The van der Waals surface area contributed by atoms with Crippen LogP contribution in [-0.2, 0) is 41.9 Å². The van der Waals surface area contributed by atoms with Crippen molar-refractivity contribution in [3.63, 3.8) is 0 Å². The maximum absolute atomic E-state index is 12.2. The third-order valence-electron chi connectivity index (χ3n) is 5.41. The third kappa shape index (κ3) is 22.0. The lowest BCUT2D eigenvalue weighted by Crippen LogP contribution is -2.46. The lowest BCUT2D eigenvalue weighted by Gasteiger charge is -2.28. The Morgan fingerprint density at radius 2 is 1.24 bits per heavy atom. The van der Waals surface area contributed by atoms with E-state index in [-0.39, 0.29) is 66.2 Å². The van der Waals surface area contributed by atoms with Crippen molar-refractivity contribution >= 4 is 60.6 Å². The Hall–Kier alpha value is -1.65. The first-order valence-corrected chi connectivity index (χ1v) is 18.2. The van der Waals surface area contributed by atoms with Gasteiger partial charge in [-0.1, -0.05) is 37.4 Å². The van der Waals surface area contributed by atoms with E-state index in [9.17, 15) is 24.0 Å². The quantitative estimate of drug-likeness (QED) is 0.0783. The summed E-state index contributed by atoms with van der Waals surface area (Å²) < 4.78 is 27.8. The van der Waals surface area contributed by atoms with Gasteiger partial charge < -0.3 is 33.2 Å². The van der Waals surface area contributed by atoms with E-state index in [0.29, 0.717) is 51.7 Å². The van der Waals surface area contributed by atoms with Crippen LogP contribution >= 0.6 is 23.5 Å². The van der Waals surface area contributed by atoms with Crippen molar-refractivity contribution in [3.05, 3.63) is 0 Å². The predicted octanol–water partition coefficient (Wildman–Crippen LogP) is 4.81. The minimum absolute atomic E-state index is 0.0587. The highest BCUT2D eigenvalue weighted by atomic mass is 32.2. The maximum atomic E-state index is 12.2. The van der Waals surface area contributed by atoms with Gasteiger partial charge in [0.05, 0.1) is 26.1 Å². The number of carboxylic acids is 1. The second kappa shape index (κ2) is 24.8. The van der Waals surface area contributed by atoms with Gasteiger partial charge in [0.15, 0.2) is 5.12 Å². The maximum Gasteiger partial charge on any atom is 0.500 e. The molecule has 12 nitrogen and oxygen atoms in total.